The number of ether oxygens (including phenoxy) is 2. The first kappa shape index (κ1) is 13.7. The number of rotatable bonds is 5. The number of nitrogens with zero attached hydrogens (tertiary/aromatic N) is 2. The Labute approximate surface area is 120 Å². The molecule has 98 valence electrons. The highest BCUT2D eigenvalue weighted by atomic mass is 32.1. The highest BCUT2D eigenvalue weighted by Crippen LogP contribution is 2.34. The number of benzene rings is 1. The summed E-state index contributed by atoms with van der Waals surface area (Å²) in [6, 6.07) is 5.62. The van der Waals surface area contributed by atoms with Crippen molar-refractivity contribution in [3.05, 3.63) is 23.6 Å². The van der Waals surface area contributed by atoms with E-state index in [-0.39, 0.29) is 0 Å². The maximum Gasteiger partial charge on any atom is 0.273 e. The lowest BCUT2D eigenvalue weighted by atomic mass is 10.1. The summed E-state index contributed by atoms with van der Waals surface area (Å²) < 4.78 is 10.6. The van der Waals surface area contributed by atoms with Gasteiger partial charge in [-0.3, -0.25) is 0 Å². The average molecular weight is 292 g/mol. The van der Waals surface area contributed by atoms with Crippen LogP contribution in [0.4, 0.5) is 5.69 Å². The first-order valence-electron chi connectivity index (χ1n) is 5.63. The van der Waals surface area contributed by atoms with E-state index in [4.69, 9.17) is 9.47 Å². The Morgan fingerprint density at radius 2 is 2.32 bits per heavy atom. The van der Waals surface area contributed by atoms with E-state index in [1.54, 1.807) is 7.11 Å². The fourth-order valence-corrected chi connectivity index (χ4v) is 2.40. The molecule has 0 amide bonds. The molecule has 0 spiro atoms. The maximum atomic E-state index is 5.36. The lowest BCUT2D eigenvalue weighted by Gasteiger charge is -2.04. The van der Waals surface area contributed by atoms with Gasteiger partial charge in [0.2, 0.25) is 0 Å². The van der Waals surface area contributed by atoms with Gasteiger partial charge in [0.15, 0.2) is 0 Å². The van der Waals surface area contributed by atoms with Gasteiger partial charge in [0.05, 0.1) is 24.6 Å². The van der Waals surface area contributed by atoms with Gasteiger partial charge < -0.3 is 9.47 Å². The first-order valence-corrected chi connectivity index (χ1v) is 6.92. The van der Waals surface area contributed by atoms with Crippen LogP contribution in [-0.4, -0.2) is 23.9 Å². The zero-order valence-electron chi connectivity index (χ0n) is 10.5. The van der Waals surface area contributed by atoms with Crippen LogP contribution >= 0.6 is 23.6 Å². The number of hydrogen-bond acceptors (Lipinski definition) is 6. The normalized spacial score (nSPS) is 9.79. The third kappa shape index (κ3) is 3.17. The molecule has 1 heterocycles. The Balaban J connectivity index is 2.38. The molecule has 0 aliphatic carbocycles. The number of aromatic nitrogens is 1. The van der Waals surface area contributed by atoms with E-state index in [1.807, 2.05) is 30.5 Å². The summed E-state index contributed by atoms with van der Waals surface area (Å²) in [5.74, 6) is 0.654. The molecular formula is C13H12N2O2S2. The van der Waals surface area contributed by atoms with Gasteiger partial charge in [0.25, 0.3) is 5.19 Å². The Hall–Kier alpha value is -1.75. The molecule has 0 N–H and O–H groups in total. The molecule has 0 atom stereocenters. The molecule has 0 aliphatic heterocycles. The third-order valence-corrected chi connectivity index (χ3v) is 3.23. The molecule has 0 radical (unpaired) electrons. The van der Waals surface area contributed by atoms with Crippen LogP contribution in [0.2, 0.25) is 0 Å². The number of hydrogen-bond donors (Lipinski definition) is 0. The second-order valence-corrected chi connectivity index (χ2v) is 4.52. The van der Waals surface area contributed by atoms with Crippen LogP contribution in [0.25, 0.3) is 11.3 Å². The fraction of sp³-hybridized carbons (Fsp3) is 0.231. The molecule has 6 heteroatoms. The topological polar surface area (TPSA) is 43.7 Å². The molecule has 0 unspecified atom stereocenters. The number of thiocarbonyl (C=S) groups is 1. The SMILES string of the molecule is CCOc1nc(-c2ccc(OC)c(N=C=S)c2)cs1. The van der Waals surface area contributed by atoms with Crippen LogP contribution in [0.5, 0.6) is 10.9 Å². The van der Waals surface area contributed by atoms with Gasteiger partial charge in [-0.25, -0.2) is 4.98 Å². The quantitative estimate of drug-likeness (QED) is 0.618. The zero-order chi connectivity index (χ0) is 13.7. The van der Waals surface area contributed by atoms with E-state index in [9.17, 15) is 0 Å². The molecule has 1 aromatic heterocycles. The van der Waals surface area contributed by atoms with Crippen molar-refractivity contribution in [3.63, 3.8) is 0 Å². The van der Waals surface area contributed by atoms with E-state index in [0.717, 1.165) is 11.3 Å². The van der Waals surface area contributed by atoms with Crippen molar-refractivity contribution in [1.29, 1.82) is 0 Å². The van der Waals surface area contributed by atoms with Gasteiger partial charge in [-0.1, -0.05) is 11.3 Å². The summed E-state index contributed by atoms with van der Waals surface area (Å²) >= 11 is 6.10. The third-order valence-electron chi connectivity index (χ3n) is 2.39. The van der Waals surface area contributed by atoms with E-state index in [0.29, 0.717) is 23.2 Å². The van der Waals surface area contributed by atoms with E-state index in [2.05, 4.69) is 27.4 Å². The summed E-state index contributed by atoms with van der Waals surface area (Å²) in [6.07, 6.45) is 0. The maximum absolute atomic E-state index is 5.36. The van der Waals surface area contributed by atoms with Gasteiger partial charge in [-0.2, -0.15) is 4.99 Å². The van der Waals surface area contributed by atoms with Crippen LogP contribution in [0.15, 0.2) is 28.6 Å². The largest absolute Gasteiger partial charge is 0.494 e. The monoisotopic (exact) mass is 292 g/mol. The van der Waals surface area contributed by atoms with Crippen molar-refractivity contribution in [2.45, 2.75) is 6.92 Å². The second kappa shape index (κ2) is 6.43. The van der Waals surface area contributed by atoms with Gasteiger partial charge in [-0.15, -0.1) is 0 Å². The number of isothiocyanates is 1. The van der Waals surface area contributed by atoms with Gasteiger partial charge in [0.1, 0.15) is 11.4 Å². The van der Waals surface area contributed by atoms with Crippen LogP contribution in [0, 0.1) is 0 Å². The molecule has 4 nitrogen and oxygen atoms in total. The first-order chi connectivity index (χ1) is 9.28. The minimum atomic E-state index is 0.607. The fourth-order valence-electron chi connectivity index (χ4n) is 1.57. The molecule has 0 aliphatic rings. The molecule has 19 heavy (non-hydrogen) atoms. The van der Waals surface area contributed by atoms with Gasteiger partial charge in [-0.05, 0) is 37.3 Å². The van der Waals surface area contributed by atoms with Crippen LogP contribution < -0.4 is 9.47 Å². The second-order valence-electron chi connectivity index (χ2n) is 3.52. The summed E-state index contributed by atoms with van der Waals surface area (Å²) in [4.78, 5) is 8.39. The van der Waals surface area contributed by atoms with Gasteiger partial charge >= 0.3 is 0 Å². The minimum Gasteiger partial charge on any atom is -0.494 e. The standard InChI is InChI=1S/C13H12N2O2S2/c1-3-17-13-15-11(7-19-13)9-4-5-12(16-2)10(6-9)14-8-18/h4-7H,3H2,1-2H3. The lowest BCUT2D eigenvalue weighted by molar-refractivity contribution is 0.338. The zero-order valence-corrected chi connectivity index (χ0v) is 12.2. The molecule has 1 aromatic carbocycles. The molecule has 0 saturated carbocycles. The van der Waals surface area contributed by atoms with Crippen molar-refractivity contribution >= 4 is 34.4 Å². The lowest BCUT2D eigenvalue weighted by Crippen LogP contribution is -1.90. The van der Waals surface area contributed by atoms with Crippen LogP contribution in [0.3, 0.4) is 0 Å². The predicted molar refractivity (Wildman–Crippen MR) is 80.0 cm³/mol. The Bertz CT molecular complexity index is 619. The van der Waals surface area contributed by atoms with E-state index in [1.165, 1.54) is 11.3 Å². The summed E-state index contributed by atoms with van der Waals surface area (Å²) in [5, 5.41) is 4.95. The Morgan fingerprint density at radius 1 is 1.47 bits per heavy atom. The predicted octanol–water partition coefficient (Wildman–Crippen LogP) is 3.95. The highest BCUT2D eigenvalue weighted by Gasteiger charge is 2.08. The van der Waals surface area contributed by atoms with Crippen molar-refractivity contribution in [2.24, 2.45) is 4.99 Å². The molecule has 2 aromatic rings. The molecule has 2 rings (SSSR count). The molecule has 0 bridgehead atoms. The molecule has 0 fully saturated rings. The summed E-state index contributed by atoms with van der Waals surface area (Å²) in [6.45, 7) is 2.54. The molecule has 0 saturated heterocycles. The van der Waals surface area contributed by atoms with Gasteiger partial charge in [0, 0.05) is 10.9 Å². The molecular weight excluding hydrogens is 280 g/mol. The van der Waals surface area contributed by atoms with Crippen LogP contribution in [-0.2, 0) is 0 Å². The van der Waals surface area contributed by atoms with E-state index >= 15 is 0 Å². The number of thiazole rings is 1. The van der Waals surface area contributed by atoms with Crippen molar-refractivity contribution < 1.29 is 9.47 Å². The Kier molecular flexibility index (Phi) is 4.63. The van der Waals surface area contributed by atoms with Crippen molar-refractivity contribution in [1.82, 2.24) is 4.98 Å². The minimum absolute atomic E-state index is 0.607. The van der Waals surface area contributed by atoms with Crippen molar-refractivity contribution in [3.8, 4) is 22.2 Å². The van der Waals surface area contributed by atoms with Crippen molar-refractivity contribution in [2.75, 3.05) is 13.7 Å². The van der Waals surface area contributed by atoms with E-state index < -0.39 is 0 Å². The smallest absolute Gasteiger partial charge is 0.273 e. The number of aliphatic imine (C=N–C) groups is 1. The summed E-state index contributed by atoms with van der Waals surface area (Å²) in [5.41, 5.74) is 2.42. The number of methoxy groups -OCH3 is 1. The van der Waals surface area contributed by atoms with Crippen LogP contribution in [0.1, 0.15) is 6.92 Å². The highest BCUT2D eigenvalue weighted by molar-refractivity contribution is 7.78. The summed E-state index contributed by atoms with van der Waals surface area (Å²) in [7, 11) is 1.59. The average Bonchev–Trinajstić information content (AvgIpc) is 2.88. The Morgan fingerprint density at radius 3 is 3.00 bits per heavy atom.